The number of benzene rings is 3. The normalized spacial score (nSPS) is 21.5. The lowest BCUT2D eigenvalue weighted by atomic mass is 9.86. The number of fused-ring (bicyclic) bond motifs is 1. The highest BCUT2D eigenvalue weighted by atomic mass is 79.9. The van der Waals surface area contributed by atoms with Crippen molar-refractivity contribution < 1.29 is 0 Å². The maximum atomic E-state index is 3.54. The Kier molecular flexibility index (Phi) is 4.94. The predicted octanol–water partition coefficient (Wildman–Crippen LogP) is 7.68. The summed E-state index contributed by atoms with van der Waals surface area (Å²) in [5.41, 5.74) is 3.04. The van der Waals surface area contributed by atoms with E-state index in [2.05, 4.69) is 89.6 Å². The molecular weight excluding hydrogens is 368 g/mol. The van der Waals surface area contributed by atoms with Gasteiger partial charge in [0.05, 0.1) is 0 Å². The quantitative estimate of drug-likeness (QED) is 0.426. The van der Waals surface area contributed by atoms with Gasteiger partial charge in [-0.15, -0.1) is 0 Å². The van der Waals surface area contributed by atoms with Crippen LogP contribution in [0.5, 0.6) is 0 Å². The topological polar surface area (TPSA) is 0 Å². The highest BCUT2D eigenvalue weighted by Crippen LogP contribution is 2.43. The third-order valence-electron chi connectivity index (χ3n) is 5.92. The van der Waals surface area contributed by atoms with Crippen LogP contribution in [0, 0.1) is 5.92 Å². The van der Waals surface area contributed by atoms with Crippen LogP contribution in [0.15, 0.2) is 71.2 Å². The molecule has 0 spiro atoms. The molecule has 1 aliphatic carbocycles. The van der Waals surface area contributed by atoms with Crippen LogP contribution >= 0.6 is 15.9 Å². The van der Waals surface area contributed by atoms with Gasteiger partial charge in [0.2, 0.25) is 0 Å². The molecule has 1 saturated carbocycles. The van der Waals surface area contributed by atoms with E-state index < -0.39 is 0 Å². The maximum absolute atomic E-state index is 3.54. The Morgan fingerprint density at radius 2 is 1.68 bits per heavy atom. The molecule has 3 aromatic rings. The minimum atomic E-state index is 0.625. The van der Waals surface area contributed by atoms with Crippen molar-refractivity contribution in [1.82, 2.24) is 0 Å². The summed E-state index contributed by atoms with van der Waals surface area (Å²) < 4.78 is 1.18. The first-order valence-electron chi connectivity index (χ1n) is 9.44. The molecule has 0 aliphatic heterocycles. The Morgan fingerprint density at radius 1 is 0.920 bits per heavy atom. The van der Waals surface area contributed by atoms with Gasteiger partial charge in [0.1, 0.15) is 0 Å². The monoisotopic (exact) mass is 392 g/mol. The van der Waals surface area contributed by atoms with Crippen molar-refractivity contribution >= 4 is 26.7 Å². The molecule has 1 unspecified atom stereocenters. The Hall–Kier alpha value is -1.60. The van der Waals surface area contributed by atoms with Crippen LogP contribution in [-0.2, 0) is 0 Å². The van der Waals surface area contributed by atoms with E-state index in [0.717, 1.165) is 11.8 Å². The van der Waals surface area contributed by atoms with E-state index in [-0.39, 0.29) is 0 Å². The molecule has 25 heavy (non-hydrogen) atoms. The maximum Gasteiger partial charge on any atom is 0.0175 e. The highest BCUT2D eigenvalue weighted by molar-refractivity contribution is 9.10. The standard InChI is InChI=1S/C24H25Br/c1-17(23-8-4-6-20-5-2-3-7-24(20)23)15-18-9-10-21(16-18)19-11-13-22(25)14-12-19/h2-8,11-14,17-18,21H,9-10,15-16H2,1H3/t17-,18?,21-/m0/s1. The summed E-state index contributed by atoms with van der Waals surface area (Å²) >= 11 is 3.54. The molecule has 0 aromatic heterocycles. The van der Waals surface area contributed by atoms with Crippen LogP contribution in [0.2, 0.25) is 0 Å². The van der Waals surface area contributed by atoms with Crippen molar-refractivity contribution in [3.05, 3.63) is 82.3 Å². The number of hydrogen-bond donors (Lipinski definition) is 0. The Morgan fingerprint density at radius 3 is 2.52 bits per heavy atom. The molecule has 0 bridgehead atoms. The van der Waals surface area contributed by atoms with Crippen LogP contribution in [0.4, 0.5) is 0 Å². The molecule has 0 N–H and O–H groups in total. The molecule has 0 amide bonds. The Balaban J connectivity index is 1.46. The summed E-state index contributed by atoms with van der Waals surface area (Å²) in [6, 6.07) is 24.5. The van der Waals surface area contributed by atoms with Crippen molar-refractivity contribution in [1.29, 1.82) is 0 Å². The average Bonchev–Trinajstić information content (AvgIpc) is 3.10. The summed E-state index contributed by atoms with van der Waals surface area (Å²) in [6.07, 6.45) is 5.36. The van der Waals surface area contributed by atoms with Gasteiger partial charge in [-0.3, -0.25) is 0 Å². The van der Waals surface area contributed by atoms with Crippen molar-refractivity contribution in [2.75, 3.05) is 0 Å². The molecule has 3 atom stereocenters. The van der Waals surface area contributed by atoms with Gasteiger partial charge in [-0.05, 0) is 77.5 Å². The molecule has 1 aliphatic rings. The van der Waals surface area contributed by atoms with E-state index in [4.69, 9.17) is 0 Å². The molecule has 1 heteroatoms. The fourth-order valence-corrected chi connectivity index (χ4v) is 4.90. The first kappa shape index (κ1) is 16.8. The summed E-state index contributed by atoms with van der Waals surface area (Å²) in [6.45, 7) is 2.41. The molecule has 0 saturated heterocycles. The van der Waals surface area contributed by atoms with Gasteiger partial charge in [0, 0.05) is 4.47 Å². The molecule has 4 rings (SSSR count). The number of halogens is 1. The van der Waals surface area contributed by atoms with Crippen molar-refractivity contribution in [2.24, 2.45) is 5.92 Å². The highest BCUT2D eigenvalue weighted by Gasteiger charge is 2.27. The second-order valence-corrected chi connectivity index (χ2v) is 8.55. The third kappa shape index (κ3) is 3.67. The summed E-state index contributed by atoms with van der Waals surface area (Å²) in [4.78, 5) is 0. The third-order valence-corrected chi connectivity index (χ3v) is 6.45. The van der Waals surface area contributed by atoms with Crippen LogP contribution in [-0.4, -0.2) is 0 Å². The fraction of sp³-hybridized carbons (Fsp3) is 0.333. The van der Waals surface area contributed by atoms with Crippen molar-refractivity contribution in [2.45, 2.75) is 44.4 Å². The van der Waals surface area contributed by atoms with Crippen molar-refractivity contribution in [3.8, 4) is 0 Å². The van der Waals surface area contributed by atoms with Crippen molar-refractivity contribution in [3.63, 3.8) is 0 Å². The van der Waals surface area contributed by atoms with E-state index in [1.165, 1.54) is 52.1 Å². The molecular formula is C24H25Br. The van der Waals surface area contributed by atoms with E-state index >= 15 is 0 Å². The second kappa shape index (κ2) is 7.33. The predicted molar refractivity (Wildman–Crippen MR) is 111 cm³/mol. The van der Waals surface area contributed by atoms with Crippen LogP contribution in [0.1, 0.15) is 55.6 Å². The summed E-state index contributed by atoms with van der Waals surface area (Å²) in [5.74, 6) is 2.22. The second-order valence-electron chi connectivity index (χ2n) is 7.63. The van der Waals surface area contributed by atoms with Gasteiger partial charge in [0.15, 0.2) is 0 Å². The number of hydrogen-bond acceptors (Lipinski definition) is 0. The zero-order valence-corrected chi connectivity index (χ0v) is 16.4. The van der Waals surface area contributed by atoms with E-state index in [0.29, 0.717) is 5.92 Å². The Labute approximate surface area is 159 Å². The van der Waals surface area contributed by atoms with Gasteiger partial charge < -0.3 is 0 Å². The molecule has 0 radical (unpaired) electrons. The SMILES string of the molecule is C[C@@H](CC1CC[C@H](c2ccc(Br)cc2)C1)c1cccc2ccccc12. The zero-order valence-electron chi connectivity index (χ0n) is 14.8. The summed E-state index contributed by atoms with van der Waals surface area (Å²) in [7, 11) is 0. The van der Waals surface area contributed by atoms with E-state index in [9.17, 15) is 0 Å². The molecule has 128 valence electrons. The lowest BCUT2D eigenvalue weighted by molar-refractivity contribution is 0.456. The average molecular weight is 393 g/mol. The zero-order chi connectivity index (χ0) is 17.2. The minimum Gasteiger partial charge on any atom is -0.0616 e. The first-order valence-corrected chi connectivity index (χ1v) is 10.2. The van der Waals surface area contributed by atoms with Gasteiger partial charge in [-0.25, -0.2) is 0 Å². The van der Waals surface area contributed by atoms with Crippen LogP contribution < -0.4 is 0 Å². The first-order chi connectivity index (χ1) is 12.2. The van der Waals surface area contributed by atoms with Crippen LogP contribution in [0.3, 0.4) is 0 Å². The minimum absolute atomic E-state index is 0.625. The smallest absolute Gasteiger partial charge is 0.0175 e. The van der Waals surface area contributed by atoms with Gasteiger partial charge >= 0.3 is 0 Å². The largest absolute Gasteiger partial charge is 0.0616 e. The molecule has 0 nitrogen and oxygen atoms in total. The van der Waals surface area contributed by atoms with E-state index in [1.54, 1.807) is 0 Å². The number of rotatable bonds is 4. The van der Waals surface area contributed by atoms with E-state index in [1.807, 2.05) is 0 Å². The van der Waals surface area contributed by atoms with Gasteiger partial charge in [-0.2, -0.15) is 0 Å². The lowest BCUT2D eigenvalue weighted by Crippen LogP contribution is -2.03. The lowest BCUT2D eigenvalue weighted by Gasteiger charge is -2.19. The van der Waals surface area contributed by atoms with Crippen LogP contribution in [0.25, 0.3) is 10.8 Å². The molecule has 0 heterocycles. The fourth-order valence-electron chi connectivity index (χ4n) is 4.63. The van der Waals surface area contributed by atoms with Gasteiger partial charge in [-0.1, -0.05) is 77.5 Å². The summed E-state index contributed by atoms with van der Waals surface area (Å²) in [5, 5.41) is 2.80. The van der Waals surface area contributed by atoms with Gasteiger partial charge in [0.25, 0.3) is 0 Å². The molecule has 3 aromatic carbocycles. The Bertz CT molecular complexity index is 844. The molecule has 1 fully saturated rings.